The van der Waals surface area contributed by atoms with Gasteiger partial charge in [-0.2, -0.15) is 0 Å². The average Bonchev–Trinajstić information content (AvgIpc) is 4.00. The highest BCUT2D eigenvalue weighted by Gasteiger charge is 2.23. The van der Waals surface area contributed by atoms with Crippen LogP contribution in [0, 0.1) is 0 Å². The van der Waals surface area contributed by atoms with Crippen LogP contribution >= 0.6 is 0 Å². The third kappa shape index (κ3) is 5.08. The van der Waals surface area contributed by atoms with Gasteiger partial charge in [0.05, 0.1) is 22.1 Å². The number of benzene rings is 11. The summed E-state index contributed by atoms with van der Waals surface area (Å²) in [4.78, 5) is 0. The first kappa shape index (κ1) is 35.2. The Morgan fingerprint density at radius 3 is 1.66 bits per heavy atom. The normalized spacial score (nSPS) is 12.1. The second kappa shape index (κ2) is 13.5. The molecule has 0 fully saturated rings. The number of nitrogens with zero attached hydrogens (tertiary/aromatic N) is 2. The van der Waals surface area contributed by atoms with Crippen molar-refractivity contribution in [1.82, 2.24) is 9.13 Å². The van der Waals surface area contributed by atoms with Crippen molar-refractivity contribution < 1.29 is 0 Å². The van der Waals surface area contributed by atoms with E-state index in [1.165, 1.54) is 121 Å². The van der Waals surface area contributed by atoms with Crippen molar-refractivity contribution in [3.8, 4) is 67.0 Å². The fourth-order valence-electron chi connectivity index (χ4n) is 11.0. The maximum Gasteiger partial charge on any atom is 0.0619 e. The maximum atomic E-state index is 2.45. The monoisotopic (exact) mass is 810 g/mol. The van der Waals surface area contributed by atoms with Gasteiger partial charge < -0.3 is 9.13 Å². The molecule has 0 unspecified atom stereocenters. The molecule has 0 amide bonds. The fourth-order valence-corrected chi connectivity index (χ4v) is 11.0. The Kier molecular flexibility index (Phi) is 7.43. The second-order valence-electron chi connectivity index (χ2n) is 17.2. The number of hydrogen-bond acceptors (Lipinski definition) is 0. The molecule has 0 aliphatic heterocycles. The van der Waals surface area contributed by atoms with Crippen molar-refractivity contribution in [1.29, 1.82) is 0 Å². The molecule has 0 radical (unpaired) electrons. The van der Waals surface area contributed by atoms with Crippen LogP contribution in [0.4, 0.5) is 0 Å². The highest BCUT2D eigenvalue weighted by Crippen LogP contribution is 2.49. The molecular formula is C62H38N2. The molecule has 296 valence electrons. The molecule has 11 aromatic carbocycles. The van der Waals surface area contributed by atoms with E-state index in [-0.39, 0.29) is 0 Å². The van der Waals surface area contributed by atoms with Crippen LogP contribution in [0.15, 0.2) is 231 Å². The van der Waals surface area contributed by atoms with Crippen LogP contribution in [-0.2, 0) is 0 Å². The molecule has 13 aromatic rings. The first-order valence-corrected chi connectivity index (χ1v) is 22.2. The molecule has 1 aliphatic carbocycles. The molecule has 2 nitrogen and oxygen atoms in total. The molecule has 64 heavy (non-hydrogen) atoms. The summed E-state index contributed by atoms with van der Waals surface area (Å²) in [5, 5.41) is 10.2. The van der Waals surface area contributed by atoms with Crippen LogP contribution in [-0.4, -0.2) is 9.13 Å². The molecule has 0 N–H and O–H groups in total. The van der Waals surface area contributed by atoms with Gasteiger partial charge in [-0.25, -0.2) is 0 Å². The summed E-state index contributed by atoms with van der Waals surface area (Å²) in [6.07, 6.45) is 0. The van der Waals surface area contributed by atoms with E-state index in [9.17, 15) is 0 Å². The van der Waals surface area contributed by atoms with Gasteiger partial charge in [0.15, 0.2) is 0 Å². The van der Waals surface area contributed by atoms with Gasteiger partial charge in [-0.3, -0.25) is 0 Å². The molecule has 14 rings (SSSR count). The molecule has 0 saturated heterocycles. The SMILES string of the molecule is c1ccc(-n2c3cc(-c4ccc5c(c4)c4ccccc4n5-c4ccc(-c5ccccc5-c5ccc6c(c5)-c5cccc7cccc-6c57)cc4)ccc3c3ccc4ccccc4c32)cc1. The van der Waals surface area contributed by atoms with E-state index < -0.39 is 0 Å². The first-order chi connectivity index (χ1) is 31.7. The van der Waals surface area contributed by atoms with E-state index in [0.717, 1.165) is 11.4 Å². The number of fused-ring (bicyclic) bond motifs is 11. The van der Waals surface area contributed by atoms with E-state index >= 15 is 0 Å². The summed E-state index contributed by atoms with van der Waals surface area (Å²) in [5.74, 6) is 0. The lowest BCUT2D eigenvalue weighted by Crippen LogP contribution is -1.94. The third-order valence-corrected chi connectivity index (χ3v) is 13.9. The zero-order valence-corrected chi connectivity index (χ0v) is 34.8. The van der Waals surface area contributed by atoms with Gasteiger partial charge >= 0.3 is 0 Å². The topological polar surface area (TPSA) is 9.86 Å². The molecule has 2 aromatic heterocycles. The number of aromatic nitrogens is 2. The number of rotatable bonds is 5. The Morgan fingerprint density at radius 1 is 0.234 bits per heavy atom. The van der Waals surface area contributed by atoms with Gasteiger partial charge in [0.2, 0.25) is 0 Å². The predicted octanol–water partition coefficient (Wildman–Crippen LogP) is 16.8. The Hall–Kier alpha value is -8.46. The highest BCUT2D eigenvalue weighted by molar-refractivity contribution is 6.20. The largest absolute Gasteiger partial charge is 0.309 e. The summed E-state index contributed by atoms with van der Waals surface area (Å²) in [6, 6.07) is 85.2. The van der Waals surface area contributed by atoms with Crippen molar-refractivity contribution in [2.24, 2.45) is 0 Å². The highest BCUT2D eigenvalue weighted by atomic mass is 15.0. The van der Waals surface area contributed by atoms with E-state index in [0.29, 0.717) is 0 Å². The van der Waals surface area contributed by atoms with Crippen LogP contribution in [0.3, 0.4) is 0 Å². The van der Waals surface area contributed by atoms with Crippen molar-refractivity contribution >= 4 is 65.2 Å². The lowest BCUT2D eigenvalue weighted by molar-refractivity contribution is 1.18. The minimum atomic E-state index is 1.14. The quantitative estimate of drug-likeness (QED) is 0.164. The van der Waals surface area contributed by atoms with E-state index in [4.69, 9.17) is 0 Å². The standard InChI is InChI=1S/C62H38N2/c1-2-15-45(16-3-1)64-60-38-43(27-33-52(60)55-34-26-39-12-4-5-19-49(39)62(55)64)42-29-35-59-57(36-42)51-20-8-9-23-58(51)63(59)46-30-24-40(25-31-46)47-17-6-7-18-48(47)44-28-32-50-53-21-10-13-41-14-11-22-54(61(41)53)56(50)37-44/h1-38H. The Morgan fingerprint density at radius 2 is 0.812 bits per heavy atom. The maximum absolute atomic E-state index is 2.45. The molecule has 0 atom stereocenters. The van der Waals surface area contributed by atoms with Crippen molar-refractivity contribution in [3.05, 3.63) is 231 Å². The smallest absolute Gasteiger partial charge is 0.0619 e. The molecule has 0 bridgehead atoms. The molecule has 1 aliphatic rings. The van der Waals surface area contributed by atoms with E-state index in [1.807, 2.05) is 0 Å². The fraction of sp³-hybridized carbons (Fsp3) is 0. The Balaban J connectivity index is 0.865. The lowest BCUT2D eigenvalue weighted by atomic mass is 9.92. The van der Waals surface area contributed by atoms with Gasteiger partial charge in [-0.05, 0) is 126 Å². The average molecular weight is 811 g/mol. The van der Waals surface area contributed by atoms with Crippen LogP contribution in [0.2, 0.25) is 0 Å². The van der Waals surface area contributed by atoms with Crippen LogP contribution in [0.25, 0.3) is 132 Å². The van der Waals surface area contributed by atoms with Gasteiger partial charge in [-0.15, -0.1) is 0 Å². The van der Waals surface area contributed by atoms with Crippen LogP contribution in [0.1, 0.15) is 0 Å². The zero-order valence-electron chi connectivity index (χ0n) is 34.8. The summed E-state index contributed by atoms with van der Waals surface area (Å²) in [7, 11) is 0. The molecule has 0 spiro atoms. The van der Waals surface area contributed by atoms with Gasteiger partial charge in [0, 0.05) is 38.3 Å². The van der Waals surface area contributed by atoms with Crippen LogP contribution in [0.5, 0.6) is 0 Å². The molecule has 0 saturated carbocycles. The molecular weight excluding hydrogens is 773 g/mol. The van der Waals surface area contributed by atoms with Crippen molar-refractivity contribution in [2.75, 3.05) is 0 Å². The molecule has 2 heterocycles. The second-order valence-corrected chi connectivity index (χ2v) is 17.2. The summed E-state index contributed by atoms with van der Waals surface area (Å²) in [5.41, 5.74) is 19.7. The third-order valence-electron chi connectivity index (χ3n) is 13.9. The Bertz CT molecular complexity index is 4050. The van der Waals surface area contributed by atoms with Gasteiger partial charge in [-0.1, -0.05) is 176 Å². The van der Waals surface area contributed by atoms with Gasteiger partial charge in [0.25, 0.3) is 0 Å². The van der Waals surface area contributed by atoms with Crippen LogP contribution < -0.4 is 0 Å². The summed E-state index contributed by atoms with van der Waals surface area (Å²) >= 11 is 0. The van der Waals surface area contributed by atoms with E-state index in [1.54, 1.807) is 0 Å². The van der Waals surface area contributed by atoms with E-state index in [2.05, 4.69) is 240 Å². The van der Waals surface area contributed by atoms with Crippen molar-refractivity contribution in [2.45, 2.75) is 0 Å². The lowest BCUT2D eigenvalue weighted by Gasteiger charge is -2.14. The summed E-state index contributed by atoms with van der Waals surface area (Å²) < 4.78 is 4.87. The minimum Gasteiger partial charge on any atom is -0.309 e. The van der Waals surface area contributed by atoms with Crippen molar-refractivity contribution in [3.63, 3.8) is 0 Å². The van der Waals surface area contributed by atoms with Gasteiger partial charge in [0.1, 0.15) is 0 Å². The summed E-state index contributed by atoms with van der Waals surface area (Å²) in [6.45, 7) is 0. The number of hydrogen-bond donors (Lipinski definition) is 0. The minimum absolute atomic E-state index is 1.14. The molecule has 2 heteroatoms. The predicted molar refractivity (Wildman–Crippen MR) is 271 cm³/mol. The zero-order chi connectivity index (χ0) is 41.9. The Labute approximate surface area is 370 Å². The first-order valence-electron chi connectivity index (χ1n) is 22.2. The number of para-hydroxylation sites is 2.